The molecule has 0 spiro atoms. The van der Waals surface area contributed by atoms with Crippen LogP contribution in [0.2, 0.25) is 5.02 Å². The molecule has 0 radical (unpaired) electrons. The number of methoxy groups -OCH3 is 1. The van der Waals surface area contributed by atoms with E-state index in [1.807, 2.05) is 6.07 Å². The second-order valence-corrected chi connectivity index (χ2v) is 4.33. The normalized spacial score (nSPS) is 10.1. The number of carbonyl (C=O) groups excluding carboxylic acids is 1. The van der Waals surface area contributed by atoms with E-state index in [2.05, 4.69) is 15.9 Å². The second-order valence-electron chi connectivity index (χ2n) is 3.36. The van der Waals surface area contributed by atoms with Gasteiger partial charge in [0.05, 0.1) is 20.1 Å². The molecular weight excluding hydrogens is 307 g/mol. The third-order valence-electron chi connectivity index (χ3n) is 2.27. The minimum atomic E-state index is -0.276. The quantitative estimate of drug-likeness (QED) is 0.616. The minimum Gasteiger partial charge on any atom is -0.497 e. The number of hydrogen-bond acceptors (Lipinski definition) is 3. The Morgan fingerprint density at radius 2 is 2.18 bits per heavy atom. The van der Waals surface area contributed by atoms with Gasteiger partial charge in [-0.2, -0.15) is 0 Å². The van der Waals surface area contributed by atoms with Crippen molar-refractivity contribution in [2.75, 3.05) is 13.7 Å². The Kier molecular flexibility index (Phi) is 5.78. The summed E-state index contributed by atoms with van der Waals surface area (Å²) in [6, 6.07) is 3.55. The second kappa shape index (κ2) is 6.87. The number of hydrogen-bond donors (Lipinski definition) is 0. The molecule has 0 saturated heterocycles. The van der Waals surface area contributed by atoms with Crippen LogP contribution in [-0.4, -0.2) is 19.7 Å². The Morgan fingerprint density at radius 1 is 1.47 bits per heavy atom. The van der Waals surface area contributed by atoms with Gasteiger partial charge >= 0.3 is 5.97 Å². The summed E-state index contributed by atoms with van der Waals surface area (Å²) >= 11 is 9.50. The lowest BCUT2D eigenvalue weighted by Crippen LogP contribution is -2.09. The highest BCUT2D eigenvalue weighted by Crippen LogP contribution is 2.28. The molecule has 1 rings (SSSR count). The molecule has 94 valence electrons. The molecule has 0 fully saturated rings. The monoisotopic (exact) mass is 320 g/mol. The van der Waals surface area contributed by atoms with Gasteiger partial charge in [0.1, 0.15) is 5.75 Å². The van der Waals surface area contributed by atoms with E-state index in [4.69, 9.17) is 21.1 Å². The molecule has 3 nitrogen and oxygen atoms in total. The smallest absolute Gasteiger partial charge is 0.310 e. The molecule has 0 atom stereocenters. The molecule has 17 heavy (non-hydrogen) atoms. The lowest BCUT2D eigenvalue weighted by atomic mass is 10.1. The fourth-order valence-electron chi connectivity index (χ4n) is 1.46. The van der Waals surface area contributed by atoms with E-state index in [1.165, 1.54) is 0 Å². The van der Waals surface area contributed by atoms with Crippen molar-refractivity contribution < 1.29 is 14.3 Å². The first-order chi connectivity index (χ1) is 8.12. The van der Waals surface area contributed by atoms with E-state index in [-0.39, 0.29) is 12.4 Å². The molecule has 5 heteroatoms. The van der Waals surface area contributed by atoms with Crippen molar-refractivity contribution in [3.05, 3.63) is 28.3 Å². The maximum Gasteiger partial charge on any atom is 0.310 e. The lowest BCUT2D eigenvalue weighted by molar-refractivity contribution is -0.142. The van der Waals surface area contributed by atoms with Crippen LogP contribution < -0.4 is 4.74 Å². The van der Waals surface area contributed by atoms with Gasteiger partial charge in [0.2, 0.25) is 0 Å². The Labute approximate surface area is 114 Å². The van der Waals surface area contributed by atoms with Gasteiger partial charge in [-0.15, -0.1) is 0 Å². The predicted octanol–water partition coefficient (Wildman–Crippen LogP) is 3.35. The van der Waals surface area contributed by atoms with Crippen LogP contribution in [0, 0.1) is 0 Å². The molecule has 1 aromatic carbocycles. The van der Waals surface area contributed by atoms with E-state index in [1.54, 1.807) is 20.1 Å². The summed E-state index contributed by atoms with van der Waals surface area (Å²) in [7, 11) is 1.58. The van der Waals surface area contributed by atoms with Crippen LogP contribution in [0.25, 0.3) is 0 Å². The van der Waals surface area contributed by atoms with Crippen LogP contribution in [0.1, 0.15) is 18.1 Å². The summed E-state index contributed by atoms with van der Waals surface area (Å²) < 4.78 is 10.0. The van der Waals surface area contributed by atoms with Crippen molar-refractivity contribution >= 4 is 33.5 Å². The van der Waals surface area contributed by atoms with E-state index in [0.29, 0.717) is 22.7 Å². The molecular formula is C12H14BrClO3. The molecule has 0 N–H and O–H groups in total. The molecule has 0 aliphatic carbocycles. The number of benzene rings is 1. The van der Waals surface area contributed by atoms with Gasteiger partial charge in [0.25, 0.3) is 0 Å². The highest BCUT2D eigenvalue weighted by atomic mass is 79.9. The topological polar surface area (TPSA) is 35.5 Å². The van der Waals surface area contributed by atoms with Crippen molar-refractivity contribution in [1.29, 1.82) is 0 Å². The number of halogens is 2. The highest BCUT2D eigenvalue weighted by molar-refractivity contribution is 9.08. The first-order valence-corrected chi connectivity index (χ1v) is 6.69. The molecule has 0 aliphatic heterocycles. The third kappa shape index (κ3) is 3.89. The zero-order chi connectivity index (χ0) is 12.8. The Hall–Kier alpha value is -0.740. The zero-order valence-corrected chi connectivity index (χ0v) is 12.1. The number of ether oxygens (including phenoxy) is 2. The standard InChI is InChI=1S/C12H14BrClO3/c1-3-17-12(15)6-10-8(7-13)4-9(16-2)5-11(10)14/h4-5H,3,6-7H2,1-2H3. The van der Waals surface area contributed by atoms with Gasteiger partial charge < -0.3 is 9.47 Å². The van der Waals surface area contributed by atoms with Crippen LogP contribution in [0.4, 0.5) is 0 Å². The highest BCUT2D eigenvalue weighted by Gasteiger charge is 2.14. The van der Waals surface area contributed by atoms with Gasteiger partial charge in [-0.3, -0.25) is 4.79 Å². The number of alkyl halides is 1. The Bertz CT molecular complexity index is 407. The van der Waals surface area contributed by atoms with E-state index < -0.39 is 0 Å². The summed E-state index contributed by atoms with van der Waals surface area (Å²) in [6.45, 7) is 2.15. The van der Waals surface area contributed by atoms with Gasteiger partial charge in [-0.05, 0) is 30.2 Å². The Balaban J connectivity index is 3.01. The zero-order valence-electron chi connectivity index (χ0n) is 9.76. The third-order valence-corrected chi connectivity index (χ3v) is 3.21. The van der Waals surface area contributed by atoms with Crippen molar-refractivity contribution in [1.82, 2.24) is 0 Å². The molecule has 0 bridgehead atoms. The van der Waals surface area contributed by atoms with Gasteiger partial charge in [-0.1, -0.05) is 27.5 Å². The Morgan fingerprint density at radius 3 is 2.71 bits per heavy atom. The van der Waals surface area contributed by atoms with Crippen LogP contribution >= 0.6 is 27.5 Å². The van der Waals surface area contributed by atoms with Gasteiger partial charge in [0, 0.05) is 10.4 Å². The lowest BCUT2D eigenvalue weighted by Gasteiger charge is -2.11. The van der Waals surface area contributed by atoms with Crippen molar-refractivity contribution in [3.8, 4) is 5.75 Å². The predicted molar refractivity (Wildman–Crippen MR) is 71.0 cm³/mol. The summed E-state index contributed by atoms with van der Waals surface area (Å²) in [5.41, 5.74) is 1.71. The first-order valence-electron chi connectivity index (χ1n) is 5.19. The van der Waals surface area contributed by atoms with E-state index in [9.17, 15) is 4.79 Å². The molecule has 0 saturated carbocycles. The van der Waals surface area contributed by atoms with E-state index >= 15 is 0 Å². The van der Waals surface area contributed by atoms with Gasteiger partial charge in [0.15, 0.2) is 0 Å². The fraction of sp³-hybridized carbons (Fsp3) is 0.417. The summed E-state index contributed by atoms with van der Waals surface area (Å²) in [5.74, 6) is 0.402. The summed E-state index contributed by atoms with van der Waals surface area (Å²) in [4.78, 5) is 11.5. The number of rotatable bonds is 5. The molecule has 0 heterocycles. The maximum atomic E-state index is 11.5. The van der Waals surface area contributed by atoms with Crippen molar-refractivity contribution in [2.45, 2.75) is 18.7 Å². The van der Waals surface area contributed by atoms with Crippen LogP contribution in [0.5, 0.6) is 5.75 Å². The molecule has 0 unspecified atom stereocenters. The largest absolute Gasteiger partial charge is 0.497 e. The average molecular weight is 322 g/mol. The minimum absolute atomic E-state index is 0.178. The van der Waals surface area contributed by atoms with Crippen LogP contribution in [0.3, 0.4) is 0 Å². The molecule has 1 aromatic rings. The molecule has 0 amide bonds. The first kappa shape index (κ1) is 14.3. The van der Waals surface area contributed by atoms with Crippen molar-refractivity contribution in [3.63, 3.8) is 0 Å². The van der Waals surface area contributed by atoms with Gasteiger partial charge in [-0.25, -0.2) is 0 Å². The maximum absolute atomic E-state index is 11.5. The molecule has 0 aliphatic rings. The van der Waals surface area contributed by atoms with Crippen LogP contribution in [-0.2, 0) is 21.3 Å². The summed E-state index contributed by atoms with van der Waals surface area (Å²) in [6.07, 6.45) is 0.178. The fourth-order valence-corrected chi connectivity index (χ4v) is 2.25. The number of esters is 1. The van der Waals surface area contributed by atoms with Crippen LogP contribution in [0.15, 0.2) is 12.1 Å². The average Bonchev–Trinajstić information content (AvgIpc) is 2.31. The van der Waals surface area contributed by atoms with E-state index in [0.717, 1.165) is 11.1 Å². The molecule has 0 aromatic heterocycles. The van der Waals surface area contributed by atoms with Crippen molar-refractivity contribution in [2.24, 2.45) is 0 Å². The summed E-state index contributed by atoms with van der Waals surface area (Å²) in [5, 5.41) is 1.13. The SMILES string of the molecule is CCOC(=O)Cc1c(Cl)cc(OC)cc1CBr. The number of carbonyl (C=O) groups is 1.